The molecule has 4 nitrogen and oxygen atoms in total. The highest BCUT2D eigenvalue weighted by atomic mass is 16.2. The van der Waals surface area contributed by atoms with Crippen molar-refractivity contribution in [1.29, 1.82) is 0 Å². The van der Waals surface area contributed by atoms with Crippen LogP contribution in [0, 0.1) is 6.92 Å². The summed E-state index contributed by atoms with van der Waals surface area (Å²) in [6.07, 6.45) is 1.66. The van der Waals surface area contributed by atoms with Gasteiger partial charge in [-0.3, -0.25) is 9.78 Å². The fourth-order valence-electron chi connectivity index (χ4n) is 2.10. The van der Waals surface area contributed by atoms with Crippen LogP contribution in [0.15, 0.2) is 42.6 Å². The van der Waals surface area contributed by atoms with Crippen LogP contribution in [0.3, 0.4) is 0 Å². The molecule has 21 heavy (non-hydrogen) atoms. The third-order valence-electron chi connectivity index (χ3n) is 3.37. The van der Waals surface area contributed by atoms with E-state index in [2.05, 4.69) is 17.2 Å². The zero-order valence-corrected chi connectivity index (χ0v) is 12.8. The molecule has 1 aromatic heterocycles. The number of hydrogen-bond donors (Lipinski definition) is 1. The molecule has 0 fully saturated rings. The molecule has 0 saturated carbocycles. The number of aromatic nitrogens is 1. The number of nitrogens with one attached hydrogen (secondary N) is 1. The third kappa shape index (κ3) is 3.81. The van der Waals surface area contributed by atoms with E-state index >= 15 is 0 Å². The van der Waals surface area contributed by atoms with Gasteiger partial charge in [-0.2, -0.15) is 0 Å². The second-order valence-corrected chi connectivity index (χ2v) is 4.90. The minimum absolute atomic E-state index is 0.0347. The molecule has 0 atom stereocenters. The fraction of sp³-hybridized carbons (Fsp3) is 0.294. The van der Waals surface area contributed by atoms with E-state index in [9.17, 15) is 4.79 Å². The first-order valence-electron chi connectivity index (χ1n) is 7.23. The molecule has 4 heteroatoms. The molecule has 0 radical (unpaired) electrons. The molecule has 1 amide bonds. The number of nitrogens with zero attached hydrogens (tertiary/aromatic N) is 2. The van der Waals surface area contributed by atoms with E-state index in [0.29, 0.717) is 18.8 Å². The van der Waals surface area contributed by atoms with Crippen LogP contribution in [0.1, 0.15) is 29.9 Å². The summed E-state index contributed by atoms with van der Waals surface area (Å²) in [6.45, 7) is 7.36. The van der Waals surface area contributed by atoms with Crippen molar-refractivity contribution >= 4 is 17.3 Å². The van der Waals surface area contributed by atoms with Gasteiger partial charge in [0.1, 0.15) is 5.69 Å². The Morgan fingerprint density at radius 3 is 2.38 bits per heavy atom. The smallest absolute Gasteiger partial charge is 0.272 e. The zero-order valence-electron chi connectivity index (χ0n) is 12.8. The van der Waals surface area contributed by atoms with Crippen LogP contribution >= 0.6 is 0 Å². The van der Waals surface area contributed by atoms with Gasteiger partial charge in [-0.05, 0) is 45.0 Å². The highest BCUT2D eigenvalue weighted by Gasteiger charge is 2.14. The maximum absolute atomic E-state index is 12.3. The fourth-order valence-corrected chi connectivity index (χ4v) is 2.10. The molecule has 0 saturated heterocycles. The largest absolute Gasteiger partial charge is 0.355 e. The normalized spacial score (nSPS) is 10.2. The Hall–Kier alpha value is -2.36. The average molecular weight is 283 g/mol. The Morgan fingerprint density at radius 1 is 1.10 bits per heavy atom. The Morgan fingerprint density at radius 2 is 1.76 bits per heavy atom. The van der Waals surface area contributed by atoms with Crippen LogP contribution in [0.25, 0.3) is 0 Å². The number of pyridine rings is 1. The predicted molar refractivity (Wildman–Crippen MR) is 86.0 cm³/mol. The first-order valence-corrected chi connectivity index (χ1v) is 7.23. The van der Waals surface area contributed by atoms with Crippen molar-refractivity contribution < 1.29 is 4.79 Å². The molecule has 1 N–H and O–H groups in total. The number of carbonyl (C=O) groups is 1. The van der Waals surface area contributed by atoms with E-state index in [-0.39, 0.29) is 5.91 Å². The number of carbonyl (C=O) groups excluding carboxylic acids is 1. The second-order valence-electron chi connectivity index (χ2n) is 4.90. The quantitative estimate of drug-likeness (QED) is 0.911. The van der Waals surface area contributed by atoms with Crippen molar-refractivity contribution in [3.05, 3.63) is 53.9 Å². The number of anilines is 2. The molecule has 1 heterocycles. The minimum atomic E-state index is -0.0347. The second kappa shape index (κ2) is 6.88. The van der Waals surface area contributed by atoms with E-state index in [1.807, 2.05) is 44.2 Å². The van der Waals surface area contributed by atoms with E-state index in [0.717, 1.165) is 11.4 Å². The van der Waals surface area contributed by atoms with Crippen molar-refractivity contribution in [3.63, 3.8) is 0 Å². The van der Waals surface area contributed by atoms with Gasteiger partial charge in [0.05, 0.1) is 0 Å². The van der Waals surface area contributed by atoms with Crippen molar-refractivity contribution in [3.8, 4) is 0 Å². The number of rotatable bonds is 5. The Kier molecular flexibility index (Phi) is 4.93. The molecular formula is C17H21N3O. The van der Waals surface area contributed by atoms with E-state index in [1.54, 1.807) is 17.2 Å². The average Bonchev–Trinajstić information content (AvgIpc) is 2.51. The maximum Gasteiger partial charge on any atom is 0.272 e. The van der Waals surface area contributed by atoms with Crippen LogP contribution in [-0.4, -0.2) is 28.9 Å². The highest BCUT2D eigenvalue weighted by Crippen LogP contribution is 2.17. The summed E-state index contributed by atoms with van der Waals surface area (Å²) in [5, 5.41) is 3.29. The summed E-state index contributed by atoms with van der Waals surface area (Å²) in [7, 11) is 0. The SMILES string of the molecule is CCN(CC)C(=O)c1cc(Nc2ccc(C)cc2)ccn1. The lowest BCUT2D eigenvalue weighted by atomic mass is 10.2. The van der Waals surface area contributed by atoms with Gasteiger partial charge in [0.15, 0.2) is 0 Å². The predicted octanol–water partition coefficient (Wildman–Crippen LogP) is 3.62. The highest BCUT2D eigenvalue weighted by molar-refractivity contribution is 5.93. The number of hydrogen-bond acceptors (Lipinski definition) is 3. The number of amides is 1. The summed E-state index contributed by atoms with van der Waals surface area (Å²) < 4.78 is 0. The standard InChI is InChI=1S/C17H21N3O/c1-4-20(5-2)17(21)16-12-15(10-11-18-16)19-14-8-6-13(3)7-9-14/h6-12H,4-5H2,1-3H3,(H,18,19). The monoisotopic (exact) mass is 283 g/mol. The van der Waals surface area contributed by atoms with Crippen LogP contribution in [0.2, 0.25) is 0 Å². The maximum atomic E-state index is 12.3. The molecule has 0 aliphatic carbocycles. The Balaban J connectivity index is 2.17. The molecule has 0 aliphatic rings. The van der Waals surface area contributed by atoms with Gasteiger partial charge in [-0.1, -0.05) is 17.7 Å². The number of benzene rings is 1. The summed E-state index contributed by atoms with van der Waals surface area (Å²) in [4.78, 5) is 18.2. The lowest BCUT2D eigenvalue weighted by molar-refractivity contribution is 0.0767. The van der Waals surface area contributed by atoms with E-state index < -0.39 is 0 Å². The van der Waals surface area contributed by atoms with E-state index in [1.165, 1.54) is 5.56 Å². The van der Waals surface area contributed by atoms with Crippen LogP contribution in [0.5, 0.6) is 0 Å². The minimum Gasteiger partial charge on any atom is -0.355 e. The molecule has 1 aromatic carbocycles. The molecule has 2 aromatic rings. The number of aryl methyl sites for hydroxylation is 1. The van der Waals surface area contributed by atoms with Gasteiger partial charge in [0, 0.05) is 30.7 Å². The van der Waals surface area contributed by atoms with E-state index in [4.69, 9.17) is 0 Å². The molecular weight excluding hydrogens is 262 g/mol. The van der Waals surface area contributed by atoms with Crippen molar-refractivity contribution in [1.82, 2.24) is 9.88 Å². The molecule has 0 bridgehead atoms. The van der Waals surface area contributed by atoms with Crippen LogP contribution in [0.4, 0.5) is 11.4 Å². The van der Waals surface area contributed by atoms with Gasteiger partial charge >= 0.3 is 0 Å². The first-order chi connectivity index (χ1) is 10.1. The molecule has 2 rings (SSSR count). The van der Waals surface area contributed by atoms with Crippen LogP contribution < -0.4 is 5.32 Å². The summed E-state index contributed by atoms with van der Waals surface area (Å²) in [5.41, 5.74) is 3.54. The van der Waals surface area contributed by atoms with Gasteiger partial charge in [0.25, 0.3) is 5.91 Å². The zero-order chi connectivity index (χ0) is 15.2. The van der Waals surface area contributed by atoms with Crippen molar-refractivity contribution in [2.45, 2.75) is 20.8 Å². The summed E-state index contributed by atoms with van der Waals surface area (Å²) in [6, 6.07) is 11.8. The molecule has 0 unspecified atom stereocenters. The molecule has 0 spiro atoms. The summed E-state index contributed by atoms with van der Waals surface area (Å²) in [5.74, 6) is -0.0347. The lowest BCUT2D eigenvalue weighted by Gasteiger charge is -2.18. The Labute approximate surface area is 125 Å². The van der Waals surface area contributed by atoms with Crippen molar-refractivity contribution in [2.24, 2.45) is 0 Å². The van der Waals surface area contributed by atoms with Crippen molar-refractivity contribution in [2.75, 3.05) is 18.4 Å². The third-order valence-corrected chi connectivity index (χ3v) is 3.37. The van der Waals surface area contributed by atoms with Gasteiger partial charge in [0.2, 0.25) is 0 Å². The topological polar surface area (TPSA) is 45.2 Å². The Bertz CT molecular complexity index is 604. The molecule has 110 valence electrons. The van der Waals surface area contributed by atoms with Gasteiger partial charge < -0.3 is 10.2 Å². The van der Waals surface area contributed by atoms with Gasteiger partial charge in [-0.15, -0.1) is 0 Å². The first kappa shape index (κ1) is 15.0. The summed E-state index contributed by atoms with van der Waals surface area (Å²) >= 11 is 0. The lowest BCUT2D eigenvalue weighted by Crippen LogP contribution is -2.31. The molecule has 0 aliphatic heterocycles. The van der Waals surface area contributed by atoms with Crippen LogP contribution in [-0.2, 0) is 0 Å². The van der Waals surface area contributed by atoms with Gasteiger partial charge in [-0.25, -0.2) is 0 Å².